The van der Waals surface area contributed by atoms with Crippen molar-refractivity contribution >= 4 is 16.9 Å². The van der Waals surface area contributed by atoms with E-state index in [0.29, 0.717) is 26.1 Å². The molecule has 1 N–H and O–H groups in total. The predicted molar refractivity (Wildman–Crippen MR) is 155 cm³/mol. The zero-order chi connectivity index (χ0) is 26.9. The Morgan fingerprint density at radius 3 is 2.31 bits per heavy atom. The highest BCUT2D eigenvalue weighted by molar-refractivity contribution is 5.79. The number of carbonyl (C=O) groups is 1. The van der Waals surface area contributed by atoms with E-state index in [9.17, 15) is 4.79 Å². The Hall–Kier alpha value is -4.58. The van der Waals surface area contributed by atoms with Gasteiger partial charge in [0.05, 0.1) is 31.1 Å². The third-order valence-corrected chi connectivity index (χ3v) is 6.70. The highest BCUT2D eigenvalue weighted by atomic mass is 16.5. The number of para-hydroxylation sites is 4. The minimum Gasteiger partial charge on any atom is -0.493 e. The first kappa shape index (κ1) is 26.0. The predicted octanol–water partition coefficient (Wildman–Crippen LogP) is 6.08. The van der Waals surface area contributed by atoms with E-state index in [1.165, 1.54) is 5.56 Å². The minimum atomic E-state index is 0.0289. The van der Waals surface area contributed by atoms with E-state index in [-0.39, 0.29) is 5.91 Å². The number of aromatic nitrogens is 2. The van der Waals surface area contributed by atoms with Crippen molar-refractivity contribution in [2.75, 3.05) is 20.3 Å². The lowest BCUT2D eigenvalue weighted by atomic mass is 10.0. The summed E-state index contributed by atoms with van der Waals surface area (Å²) in [6.45, 7) is 1.76. The van der Waals surface area contributed by atoms with E-state index in [0.717, 1.165) is 52.3 Å². The fourth-order valence-electron chi connectivity index (χ4n) is 4.72. The molecule has 4 aromatic carbocycles. The van der Waals surface area contributed by atoms with Gasteiger partial charge in [-0.2, -0.15) is 0 Å². The molecule has 0 aliphatic heterocycles. The number of benzene rings is 4. The van der Waals surface area contributed by atoms with Crippen molar-refractivity contribution in [2.45, 2.75) is 25.8 Å². The number of methoxy groups -OCH3 is 1. The molecule has 0 bridgehead atoms. The minimum absolute atomic E-state index is 0.0289. The van der Waals surface area contributed by atoms with Crippen molar-refractivity contribution in [2.24, 2.45) is 0 Å². The van der Waals surface area contributed by atoms with Gasteiger partial charge < -0.3 is 19.4 Å². The third-order valence-electron chi connectivity index (χ3n) is 6.70. The standard InChI is InChI=1S/C33H33N3O3/c1-38-30-14-7-8-15-31(30)39-23-22-36-29-13-6-5-12-28(29)35-32(36)16-9-21-34-33(37)24-25-17-19-27(20-18-25)26-10-3-2-4-11-26/h2-8,10-15,17-20H,9,16,21-24H2,1H3,(H,34,37). The van der Waals surface area contributed by atoms with Crippen LogP contribution in [0.5, 0.6) is 11.5 Å². The van der Waals surface area contributed by atoms with Crippen LogP contribution in [0.3, 0.4) is 0 Å². The Bertz CT molecular complexity index is 1510. The monoisotopic (exact) mass is 519 g/mol. The first-order chi connectivity index (χ1) is 19.2. The van der Waals surface area contributed by atoms with Crippen molar-refractivity contribution < 1.29 is 14.3 Å². The van der Waals surface area contributed by atoms with Gasteiger partial charge in [0, 0.05) is 13.0 Å². The average molecular weight is 520 g/mol. The zero-order valence-electron chi connectivity index (χ0n) is 22.2. The van der Waals surface area contributed by atoms with E-state index in [1.807, 2.05) is 72.8 Å². The molecule has 5 rings (SSSR count). The maximum atomic E-state index is 12.6. The summed E-state index contributed by atoms with van der Waals surface area (Å²) in [7, 11) is 1.64. The molecule has 0 atom stereocenters. The smallest absolute Gasteiger partial charge is 0.224 e. The van der Waals surface area contributed by atoms with Gasteiger partial charge in [-0.1, -0.05) is 78.9 Å². The molecular weight excluding hydrogens is 486 g/mol. The SMILES string of the molecule is COc1ccccc1OCCn1c(CCCNC(=O)Cc2ccc(-c3ccccc3)cc2)nc2ccccc21. The second kappa shape index (κ2) is 12.8. The summed E-state index contributed by atoms with van der Waals surface area (Å²) in [5.41, 5.74) is 5.37. The Morgan fingerprint density at radius 1 is 0.821 bits per heavy atom. The van der Waals surface area contributed by atoms with Gasteiger partial charge >= 0.3 is 0 Å². The van der Waals surface area contributed by atoms with Crippen molar-refractivity contribution in [3.63, 3.8) is 0 Å². The molecule has 6 heteroatoms. The molecule has 0 spiro atoms. The molecule has 0 unspecified atom stereocenters. The molecule has 0 saturated carbocycles. The normalized spacial score (nSPS) is 10.9. The summed E-state index contributed by atoms with van der Waals surface area (Å²) in [5.74, 6) is 2.46. The zero-order valence-corrected chi connectivity index (χ0v) is 22.2. The second-order valence-electron chi connectivity index (χ2n) is 9.36. The number of hydrogen-bond acceptors (Lipinski definition) is 4. The van der Waals surface area contributed by atoms with Gasteiger partial charge in [-0.15, -0.1) is 0 Å². The first-order valence-corrected chi connectivity index (χ1v) is 13.3. The Morgan fingerprint density at radius 2 is 1.51 bits per heavy atom. The molecule has 1 aromatic heterocycles. The molecule has 6 nitrogen and oxygen atoms in total. The van der Waals surface area contributed by atoms with Crippen LogP contribution < -0.4 is 14.8 Å². The first-order valence-electron chi connectivity index (χ1n) is 13.3. The van der Waals surface area contributed by atoms with Crippen LogP contribution in [-0.2, 0) is 24.2 Å². The number of nitrogens with one attached hydrogen (secondary N) is 1. The largest absolute Gasteiger partial charge is 0.493 e. The van der Waals surface area contributed by atoms with Gasteiger partial charge in [0.2, 0.25) is 5.91 Å². The van der Waals surface area contributed by atoms with Crippen LogP contribution in [0.4, 0.5) is 0 Å². The second-order valence-corrected chi connectivity index (χ2v) is 9.36. The lowest BCUT2D eigenvalue weighted by Crippen LogP contribution is -2.26. The number of carbonyl (C=O) groups excluding carboxylic acids is 1. The van der Waals surface area contributed by atoms with E-state index in [1.54, 1.807) is 7.11 Å². The summed E-state index contributed by atoms with van der Waals surface area (Å²) in [4.78, 5) is 17.4. The molecular formula is C33H33N3O3. The molecule has 0 fully saturated rings. The van der Waals surface area contributed by atoms with Crippen LogP contribution in [0.2, 0.25) is 0 Å². The number of hydrogen-bond donors (Lipinski definition) is 1. The lowest BCUT2D eigenvalue weighted by molar-refractivity contribution is -0.120. The molecule has 0 aliphatic rings. The number of nitrogens with zero attached hydrogens (tertiary/aromatic N) is 2. The third kappa shape index (κ3) is 6.65. The van der Waals surface area contributed by atoms with E-state index >= 15 is 0 Å². The van der Waals surface area contributed by atoms with Gasteiger partial charge in [-0.25, -0.2) is 4.98 Å². The quantitative estimate of drug-likeness (QED) is 0.203. The van der Waals surface area contributed by atoms with E-state index < -0.39 is 0 Å². The average Bonchev–Trinajstić information content (AvgIpc) is 3.33. The maximum absolute atomic E-state index is 12.6. The van der Waals surface area contributed by atoms with E-state index in [4.69, 9.17) is 14.5 Å². The topological polar surface area (TPSA) is 65.4 Å². The van der Waals surface area contributed by atoms with Gasteiger partial charge in [-0.05, 0) is 47.4 Å². The maximum Gasteiger partial charge on any atom is 0.224 e. The Balaban J connectivity index is 1.13. The van der Waals surface area contributed by atoms with Crippen molar-refractivity contribution in [3.05, 3.63) is 115 Å². The fourth-order valence-corrected chi connectivity index (χ4v) is 4.72. The number of fused-ring (bicyclic) bond motifs is 1. The van der Waals surface area contributed by atoms with Crippen LogP contribution in [-0.4, -0.2) is 35.7 Å². The highest BCUT2D eigenvalue weighted by Gasteiger charge is 2.12. The molecule has 5 aromatic rings. The summed E-state index contributed by atoms with van der Waals surface area (Å²) >= 11 is 0. The highest BCUT2D eigenvalue weighted by Crippen LogP contribution is 2.26. The van der Waals surface area contributed by atoms with Gasteiger partial charge in [-0.3, -0.25) is 4.79 Å². The van der Waals surface area contributed by atoms with Gasteiger partial charge in [0.1, 0.15) is 12.4 Å². The molecule has 0 radical (unpaired) electrons. The lowest BCUT2D eigenvalue weighted by Gasteiger charge is -2.13. The number of aryl methyl sites for hydroxylation is 1. The fraction of sp³-hybridized carbons (Fsp3) is 0.212. The molecule has 1 heterocycles. The molecule has 0 saturated heterocycles. The Kier molecular flexibility index (Phi) is 8.54. The van der Waals surface area contributed by atoms with Crippen molar-refractivity contribution in [1.29, 1.82) is 0 Å². The molecule has 0 aliphatic carbocycles. The van der Waals surface area contributed by atoms with E-state index in [2.05, 4.69) is 40.2 Å². The molecule has 39 heavy (non-hydrogen) atoms. The van der Waals surface area contributed by atoms with Crippen LogP contribution in [0.25, 0.3) is 22.2 Å². The molecule has 1 amide bonds. The summed E-state index contributed by atoms with van der Waals surface area (Å²) < 4.78 is 13.6. The van der Waals surface area contributed by atoms with Crippen LogP contribution in [0.1, 0.15) is 17.8 Å². The van der Waals surface area contributed by atoms with Crippen molar-refractivity contribution in [1.82, 2.24) is 14.9 Å². The number of ether oxygens (including phenoxy) is 2. The summed E-state index contributed by atoms with van der Waals surface area (Å²) in [5, 5.41) is 3.06. The number of imidazole rings is 1. The van der Waals surface area contributed by atoms with Gasteiger partial charge in [0.25, 0.3) is 0 Å². The summed E-state index contributed by atoms with van der Waals surface area (Å²) in [6.07, 6.45) is 1.93. The van der Waals surface area contributed by atoms with Gasteiger partial charge in [0.15, 0.2) is 11.5 Å². The molecule has 198 valence electrons. The Labute approximate surface area is 229 Å². The summed E-state index contributed by atoms with van der Waals surface area (Å²) in [6, 6.07) is 34.2. The van der Waals surface area contributed by atoms with Crippen LogP contribution in [0.15, 0.2) is 103 Å². The van der Waals surface area contributed by atoms with Crippen molar-refractivity contribution in [3.8, 4) is 22.6 Å². The van der Waals surface area contributed by atoms with Crippen LogP contribution >= 0.6 is 0 Å². The van der Waals surface area contributed by atoms with Crippen LogP contribution in [0, 0.1) is 0 Å². The number of amides is 1. The number of rotatable bonds is 12.